The number of guanidine groups is 1. The fourth-order valence-electron chi connectivity index (χ4n) is 2.73. The molecule has 0 radical (unpaired) electrons. The standard InChI is InChI=1S/C19H18N6O/c20-17(21)14-8-2-4-11-5-3-9-15(16(11)14)25-18(26)12-6-1-7-13(10-12)24-19(22)23/h1-10H,(H3,20,21)(H,25,26)(H4,22,23,24). The lowest BCUT2D eigenvalue weighted by atomic mass is 10.0. The molecule has 0 spiro atoms. The number of carbonyl (C=O) groups excluding carboxylic acids is 1. The Bertz CT molecular complexity index is 1030. The summed E-state index contributed by atoms with van der Waals surface area (Å²) >= 11 is 0. The number of anilines is 1. The maximum Gasteiger partial charge on any atom is 0.255 e. The second kappa shape index (κ2) is 6.94. The quantitative estimate of drug-likeness (QED) is 0.364. The molecule has 26 heavy (non-hydrogen) atoms. The summed E-state index contributed by atoms with van der Waals surface area (Å²) < 4.78 is 0. The van der Waals surface area contributed by atoms with E-state index in [0.29, 0.717) is 22.5 Å². The molecule has 3 rings (SSSR count). The van der Waals surface area contributed by atoms with Crippen LogP contribution in [0.2, 0.25) is 0 Å². The van der Waals surface area contributed by atoms with Gasteiger partial charge in [-0.1, -0.05) is 36.4 Å². The summed E-state index contributed by atoms with van der Waals surface area (Å²) in [6.45, 7) is 0. The molecule has 0 saturated heterocycles. The third kappa shape index (κ3) is 3.46. The van der Waals surface area contributed by atoms with E-state index >= 15 is 0 Å². The number of fused-ring (bicyclic) bond motifs is 1. The van der Waals surface area contributed by atoms with Crippen molar-refractivity contribution in [3.63, 3.8) is 0 Å². The highest BCUT2D eigenvalue weighted by Crippen LogP contribution is 2.27. The third-order valence-corrected chi connectivity index (χ3v) is 3.81. The molecule has 3 aromatic carbocycles. The second-order valence-electron chi connectivity index (χ2n) is 5.66. The number of rotatable bonds is 4. The lowest BCUT2D eigenvalue weighted by Crippen LogP contribution is -2.22. The number of hydrogen-bond donors (Lipinski definition) is 5. The summed E-state index contributed by atoms with van der Waals surface area (Å²) in [7, 11) is 0. The zero-order valence-electron chi connectivity index (χ0n) is 13.9. The van der Waals surface area contributed by atoms with E-state index in [-0.39, 0.29) is 17.7 Å². The van der Waals surface area contributed by atoms with Gasteiger partial charge in [-0.3, -0.25) is 10.2 Å². The van der Waals surface area contributed by atoms with Gasteiger partial charge in [0.2, 0.25) is 0 Å². The molecule has 0 fully saturated rings. The molecule has 0 saturated carbocycles. The van der Waals surface area contributed by atoms with Crippen molar-refractivity contribution in [3.8, 4) is 0 Å². The van der Waals surface area contributed by atoms with Crippen molar-refractivity contribution in [1.82, 2.24) is 0 Å². The Morgan fingerprint density at radius 1 is 0.962 bits per heavy atom. The minimum Gasteiger partial charge on any atom is -0.384 e. The van der Waals surface area contributed by atoms with Crippen LogP contribution in [0.4, 0.5) is 11.4 Å². The lowest BCUT2D eigenvalue weighted by molar-refractivity contribution is 0.102. The van der Waals surface area contributed by atoms with Gasteiger partial charge in [0.05, 0.1) is 5.69 Å². The van der Waals surface area contributed by atoms with Gasteiger partial charge in [0.15, 0.2) is 5.96 Å². The molecule has 8 N–H and O–H groups in total. The van der Waals surface area contributed by atoms with Crippen LogP contribution in [-0.2, 0) is 0 Å². The fourth-order valence-corrected chi connectivity index (χ4v) is 2.73. The highest BCUT2D eigenvalue weighted by Gasteiger charge is 2.12. The number of nitrogen functional groups attached to an aromatic ring is 1. The van der Waals surface area contributed by atoms with Crippen LogP contribution in [0.1, 0.15) is 15.9 Å². The maximum atomic E-state index is 12.7. The molecule has 0 aliphatic rings. The molecular weight excluding hydrogens is 328 g/mol. The Kier molecular flexibility index (Phi) is 4.53. The largest absolute Gasteiger partial charge is 0.384 e. The van der Waals surface area contributed by atoms with Gasteiger partial charge in [-0.2, -0.15) is 0 Å². The molecule has 0 aromatic heterocycles. The molecule has 7 nitrogen and oxygen atoms in total. The van der Waals surface area contributed by atoms with E-state index in [2.05, 4.69) is 10.3 Å². The average molecular weight is 346 g/mol. The summed E-state index contributed by atoms with van der Waals surface area (Å²) in [6, 6.07) is 17.6. The van der Waals surface area contributed by atoms with E-state index in [4.69, 9.17) is 22.6 Å². The molecule has 0 unspecified atom stereocenters. The van der Waals surface area contributed by atoms with Gasteiger partial charge < -0.3 is 22.5 Å². The monoisotopic (exact) mass is 346 g/mol. The molecule has 0 aliphatic heterocycles. The Morgan fingerprint density at radius 2 is 1.65 bits per heavy atom. The highest BCUT2D eigenvalue weighted by atomic mass is 16.1. The Labute approximate surface area is 150 Å². The summed E-state index contributed by atoms with van der Waals surface area (Å²) in [5.74, 6) is -0.460. The third-order valence-electron chi connectivity index (χ3n) is 3.81. The first-order valence-corrected chi connectivity index (χ1v) is 7.83. The lowest BCUT2D eigenvalue weighted by Gasteiger charge is -2.12. The first-order chi connectivity index (χ1) is 12.5. The van der Waals surface area contributed by atoms with Gasteiger partial charge in [0.1, 0.15) is 5.84 Å². The number of carbonyl (C=O) groups is 1. The molecule has 0 heterocycles. The number of nitrogens with zero attached hydrogens (tertiary/aromatic N) is 1. The van der Waals surface area contributed by atoms with Gasteiger partial charge in [-0.05, 0) is 29.7 Å². The van der Waals surface area contributed by atoms with E-state index < -0.39 is 0 Å². The number of hydrogen-bond acceptors (Lipinski definition) is 3. The summed E-state index contributed by atoms with van der Waals surface area (Å²) in [6.07, 6.45) is 0. The van der Waals surface area contributed by atoms with Crippen LogP contribution >= 0.6 is 0 Å². The molecule has 3 aromatic rings. The number of nitrogens with one attached hydrogen (secondary N) is 2. The van der Waals surface area contributed by atoms with Crippen molar-refractivity contribution in [1.29, 1.82) is 5.41 Å². The van der Waals surface area contributed by atoms with E-state index in [1.54, 1.807) is 36.4 Å². The second-order valence-corrected chi connectivity index (χ2v) is 5.66. The maximum absolute atomic E-state index is 12.7. The zero-order chi connectivity index (χ0) is 18.7. The van der Waals surface area contributed by atoms with Crippen molar-refractivity contribution in [3.05, 3.63) is 71.8 Å². The SMILES string of the molecule is N=C(N)c1cccc2cccc(NC(=O)c3cccc(N=C(N)N)c3)c12. The van der Waals surface area contributed by atoms with E-state index in [9.17, 15) is 4.79 Å². The van der Waals surface area contributed by atoms with Crippen LogP contribution in [0.5, 0.6) is 0 Å². The van der Waals surface area contributed by atoms with Crippen molar-refractivity contribution < 1.29 is 4.79 Å². The molecule has 7 heteroatoms. The number of amidine groups is 1. The van der Waals surface area contributed by atoms with Crippen LogP contribution in [0.25, 0.3) is 10.8 Å². The van der Waals surface area contributed by atoms with E-state index in [1.165, 1.54) is 0 Å². The van der Waals surface area contributed by atoms with Gasteiger partial charge in [0, 0.05) is 22.2 Å². The van der Waals surface area contributed by atoms with Crippen molar-refractivity contribution in [2.45, 2.75) is 0 Å². The zero-order valence-corrected chi connectivity index (χ0v) is 13.9. The smallest absolute Gasteiger partial charge is 0.255 e. The number of aliphatic imine (C=N–C) groups is 1. The summed E-state index contributed by atoms with van der Waals surface area (Å²) in [5, 5.41) is 12.3. The van der Waals surface area contributed by atoms with Crippen LogP contribution in [0.3, 0.4) is 0 Å². The molecule has 1 amide bonds. The van der Waals surface area contributed by atoms with Gasteiger partial charge in [-0.15, -0.1) is 0 Å². The summed E-state index contributed by atoms with van der Waals surface area (Å²) in [5.41, 5.74) is 18.5. The van der Waals surface area contributed by atoms with E-state index in [1.807, 2.05) is 24.3 Å². The minimum absolute atomic E-state index is 0.0629. The first-order valence-electron chi connectivity index (χ1n) is 7.83. The topological polar surface area (TPSA) is 143 Å². The predicted octanol–water partition coefficient (Wildman–Crippen LogP) is 2.28. The highest BCUT2D eigenvalue weighted by molar-refractivity contribution is 6.16. The normalized spacial score (nSPS) is 10.3. The summed E-state index contributed by atoms with van der Waals surface area (Å²) in [4.78, 5) is 16.6. The molecular formula is C19H18N6O. The first kappa shape index (κ1) is 17.0. The van der Waals surface area contributed by atoms with Crippen LogP contribution in [-0.4, -0.2) is 17.7 Å². The predicted molar refractivity (Wildman–Crippen MR) is 105 cm³/mol. The van der Waals surface area contributed by atoms with Crippen LogP contribution in [0.15, 0.2) is 65.7 Å². The van der Waals surface area contributed by atoms with Crippen LogP contribution in [0, 0.1) is 5.41 Å². The number of benzene rings is 3. The van der Waals surface area contributed by atoms with Gasteiger partial charge in [-0.25, -0.2) is 4.99 Å². The number of nitrogens with two attached hydrogens (primary N) is 3. The van der Waals surface area contributed by atoms with E-state index in [0.717, 1.165) is 10.8 Å². The molecule has 0 atom stereocenters. The molecule has 0 bridgehead atoms. The Balaban J connectivity index is 2.00. The number of amides is 1. The molecule has 0 aliphatic carbocycles. The van der Waals surface area contributed by atoms with Crippen molar-refractivity contribution in [2.75, 3.05) is 5.32 Å². The minimum atomic E-state index is -0.316. The van der Waals surface area contributed by atoms with Gasteiger partial charge >= 0.3 is 0 Å². The Morgan fingerprint density at radius 3 is 2.35 bits per heavy atom. The van der Waals surface area contributed by atoms with Crippen LogP contribution < -0.4 is 22.5 Å². The van der Waals surface area contributed by atoms with Gasteiger partial charge in [0.25, 0.3) is 5.91 Å². The molecule has 130 valence electrons. The fraction of sp³-hybridized carbons (Fsp3) is 0. The average Bonchev–Trinajstić information content (AvgIpc) is 2.61. The van der Waals surface area contributed by atoms with Crippen molar-refractivity contribution >= 4 is 39.8 Å². The Hall–Kier alpha value is -3.87. The van der Waals surface area contributed by atoms with Crippen molar-refractivity contribution in [2.24, 2.45) is 22.2 Å².